The lowest BCUT2D eigenvalue weighted by molar-refractivity contribution is -0.297. The van der Waals surface area contributed by atoms with Crippen molar-refractivity contribution in [2.45, 2.75) is 20.4 Å². The topological polar surface area (TPSA) is 58.0 Å². The van der Waals surface area contributed by atoms with E-state index in [9.17, 15) is 9.90 Å². The van der Waals surface area contributed by atoms with Gasteiger partial charge in [0.15, 0.2) is 0 Å². The van der Waals surface area contributed by atoms with E-state index in [0.717, 1.165) is 28.5 Å². The van der Waals surface area contributed by atoms with Crippen molar-refractivity contribution in [2.24, 2.45) is 0 Å². The molecule has 0 saturated carbocycles. The Bertz CT molecular complexity index is 924. The molecule has 0 amide bonds. The molecule has 4 nitrogen and oxygen atoms in total. The van der Waals surface area contributed by atoms with Gasteiger partial charge in [0.2, 0.25) is 0 Å². The maximum Gasteiger partial charge on any atom is 0.0995 e. The summed E-state index contributed by atoms with van der Waals surface area (Å²) < 4.78 is 1.83. The van der Waals surface area contributed by atoms with Crippen molar-refractivity contribution in [3.63, 3.8) is 0 Å². The van der Waals surface area contributed by atoms with Crippen LogP contribution in [0.5, 0.6) is 0 Å². The number of carboxylic acid groups (broad SMARTS) is 1. The van der Waals surface area contributed by atoms with Crippen LogP contribution in [0.1, 0.15) is 22.3 Å². The molecule has 0 radical (unpaired) electrons. The summed E-state index contributed by atoms with van der Waals surface area (Å²) in [7, 11) is 0. The zero-order valence-corrected chi connectivity index (χ0v) is 14.3. The van der Waals surface area contributed by atoms with E-state index in [1.54, 1.807) is 0 Å². The van der Waals surface area contributed by atoms with Crippen molar-refractivity contribution in [2.75, 3.05) is 0 Å². The van der Waals surface area contributed by atoms with Crippen LogP contribution in [0.3, 0.4) is 0 Å². The van der Waals surface area contributed by atoms with Crippen molar-refractivity contribution in [3.05, 3.63) is 83.1 Å². The van der Waals surface area contributed by atoms with Gasteiger partial charge in [0, 0.05) is 17.3 Å². The fourth-order valence-electron chi connectivity index (χ4n) is 2.68. The van der Waals surface area contributed by atoms with Crippen LogP contribution in [0.4, 0.5) is 0 Å². The van der Waals surface area contributed by atoms with Gasteiger partial charge in [-0.25, -0.2) is 0 Å². The molecule has 0 aliphatic rings. The van der Waals surface area contributed by atoms with Crippen molar-refractivity contribution in [1.29, 1.82) is 0 Å². The minimum atomic E-state index is -1.22. The number of rotatable bonds is 5. The van der Waals surface area contributed by atoms with Crippen LogP contribution in [0, 0.1) is 13.8 Å². The van der Waals surface area contributed by atoms with Crippen LogP contribution in [-0.4, -0.2) is 15.7 Å². The van der Waals surface area contributed by atoms with Gasteiger partial charge in [-0.3, -0.25) is 4.68 Å². The molecule has 0 spiro atoms. The Morgan fingerprint density at radius 3 is 2.56 bits per heavy atom. The highest BCUT2D eigenvalue weighted by Gasteiger charge is 2.10. The zero-order valence-electron chi connectivity index (χ0n) is 14.3. The highest BCUT2D eigenvalue weighted by Crippen LogP contribution is 2.25. The Hall–Kier alpha value is -3.14. The lowest BCUT2D eigenvalue weighted by atomic mass is 10.0. The number of aryl methyl sites for hydroxylation is 2. The number of hydrogen-bond donors (Lipinski definition) is 0. The van der Waals surface area contributed by atoms with E-state index >= 15 is 0 Å². The summed E-state index contributed by atoms with van der Waals surface area (Å²) in [4.78, 5) is 10.8. The van der Waals surface area contributed by atoms with E-state index in [4.69, 9.17) is 0 Å². The Kier molecular flexibility index (Phi) is 4.80. The van der Waals surface area contributed by atoms with E-state index < -0.39 is 5.97 Å². The number of hydrogen-bond acceptors (Lipinski definition) is 3. The second-order valence-electron chi connectivity index (χ2n) is 6.07. The molecule has 0 aliphatic heterocycles. The Morgan fingerprint density at radius 1 is 1.12 bits per heavy atom. The van der Waals surface area contributed by atoms with Crippen LogP contribution in [0.15, 0.2) is 60.8 Å². The number of aromatic nitrogens is 2. The molecular weight excluding hydrogens is 312 g/mol. The maximum atomic E-state index is 10.8. The first-order valence-corrected chi connectivity index (χ1v) is 8.11. The molecule has 25 heavy (non-hydrogen) atoms. The third-order valence-electron chi connectivity index (χ3n) is 4.16. The summed E-state index contributed by atoms with van der Waals surface area (Å²) in [6.07, 6.45) is 4.43. The summed E-state index contributed by atoms with van der Waals surface area (Å²) in [5, 5.41) is 15.5. The van der Waals surface area contributed by atoms with Gasteiger partial charge in [-0.15, -0.1) is 0 Å². The summed E-state index contributed by atoms with van der Waals surface area (Å²) in [6.45, 7) is 4.73. The van der Waals surface area contributed by atoms with Crippen molar-refractivity contribution < 1.29 is 9.90 Å². The van der Waals surface area contributed by atoms with E-state index in [-0.39, 0.29) is 0 Å². The van der Waals surface area contributed by atoms with E-state index in [1.165, 1.54) is 17.2 Å². The SMILES string of the molecule is Cc1ccc(-c2nn(Cc3ccccc3)cc2/C=C/C(=O)[O-])cc1C. The molecular formula is C21H19N2O2-. The fraction of sp³-hybridized carbons (Fsp3) is 0.143. The normalized spacial score (nSPS) is 11.1. The first-order chi connectivity index (χ1) is 12.0. The molecule has 1 aromatic heterocycles. The first kappa shape index (κ1) is 16.7. The number of aliphatic carboxylic acids is 1. The van der Waals surface area contributed by atoms with E-state index in [2.05, 4.69) is 25.0 Å². The Balaban J connectivity index is 2.02. The monoisotopic (exact) mass is 331 g/mol. The van der Waals surface area contributed by atoms with Crippen molar-refractivity contribution >= 4 is 12.0 Å². The third kappa shape index (κ3) is 4.04. The Labute approximate surface area is 147 Å². The molecule has 0 saturated heterocycles. The number of carbonyl (C=O) groups is 1. The third-order valence-corrected chi connectivity index (χ3v) is 4.16. The van der Waals surface area contributed by atoms with Gasteiger partial charge in [0.25, 0.3) is 0 Å². The van der Waals surface area contributed by atoms with Crippen LogP contribution < -0.4 is 5.11 Å². The molecule has 3 rings (SSSR count). The fourth-order valence-corrected chi connectivity index (χ4v) is 2.68. The van der Waals surface area contributed by atoms with Crippen LogP contribution in [0.2, 0.25) is 0 Å². The zero-order chi connectivity index (χ0) is 17.8. The molecule has 0 atom stereocenters. The molecule has 4 heteroatoms. The molecule has 3 aromatic rings. The molecule has 0 unspecified atom stereocenters. The molecule has 0 aliphatic carbocycles. The summed E-state index contributed by atoms with van der Waals surface area (Å²) in [5.74, 6) is -1.22. The summed E-state index contributed by atoms with van der Waals surface area (Å²) in [6, 6.07) is 16.1. The number of nitrogens with zero attached hydrogens (tertiary/aromatic N) is 2. The summed E-state index contributed by atoms with van der Waals surface area (Å²) >= 11 is 0. The predicted molar refractivity (Wildman–Crippen MR) is 96.7 cm³/mol. The van der Waals surface area contributed by atoms with Gasteiger partial charge in [-0.2, -0.15) is 5.10 Å². The smallest absolute Gasteiger partial charge is 0.0995 e. The minimum Gasteiger partial charge on any atom is -0.545 e. The molecule has 1 heterocycles. The average Bonchev–Trinajstić information content (AvgIpc) is 2.99. The number of carboxylic acids is 1. The Morgan fingerprint density at radius 2 is 1.88 bits per heavy atom. The molecule has 0 N–H and O–H groups in total. The maximum absolute atomic E-state index is 10.8. The second-order valence-corrected chi connectivity index (χ2v) is 6.07. The van der Waals surface area contributed by atoms with E-state index in [1.807, 2.05) is 53.3 Å². The predicted octanol–water partition coefficient (Wildman–Crippen LogP) is 2.98. The van der Waals surface area contributed by atoms with Gasteiger partial charge < -0.3 is 9.90 Å². The first-order valence-electron chi connectivity index (χ1n) is 8.11. The van der Waals surface area contributed by atoms with Gasteiger partial charge in [0.1, 0.15) is 0 Å². The highest BCUT2D eigenvalue weighted by molar-refractivity contribution is 5.85. The van der Waals surface area contributed by atoms with Gasteiger partial charge in [-0.1, -0.05) is 42.5 Å². The standard InChI is InChI=1S/C21H20N2O2/c1-15-8-9-18(12-16(15)2)21-19(10-11-20(24)25)14-23(22-21)13-17-6-4-3-5-7-17/h3-12,14H,13H2,1-2H3,(H,24,25)/p-1/b11-10+. The number of benzene rings is 2. The lowest BCUT2D eigenvalue weighted by Gasteiger charge is -2.04. The molecule has 2 aromatic carbocycles. The molecule has 126 valence electrons. The second kappa shape index (κ2) is 7.18. The minimum absolute atomic E-state index is 0.623. The van der Waals surface area contributed by atoms with Crippen molar-refractivity contribution in [1.82, 2.24) is 9.78 Å². The van der Waals surface area contributed by atoms with Crippen LogP contribution in [0.25, 0.3) is 17.3 Å². The molecule has 0 bridgehead atoms. The quantitative estimate of drug-likeness (QED) is 0.675. The van der Waals surface area contributed by atoms with Crippen LogP contribution >= 0.6 is 0 Å². The molecule has 0 fully saturated rings. The van der Waals surface area contributed by atoms with Crippen molar-refractivity contribution in [3.8, 4) is 11.3 Å². The summed E-state index contributed by atoms with van der Waals surface area (Å²) in [5.41, 5.74) is 5.99. The van der Waals surface area contributed by atoms with Gasteiger partial charge in [-0.05, 0) is 48.8 Å². The van der Waals surface area contributed by atoms with Crippen LogP contribution in [-0.2, 0) is 11.3 Å². The van der Waals surface area contributed by atoms with Gasteiger partial charge in [0.05, 0.1) is 18.2 Å². The lowest BCUT2D eigenvalue weighted by Crippen LogP contribution is -2.18. The van der Waals surface area contributed by atoms with Gasteiger partial charge >= 0.3 is 0 Å². The average molecular weight is 331 g/mol. The van der Waals surface area contributed by atoms with E-state index in [0.29, 0.717) is 6.54 Å². The highest BCUT2D eigenvalue weighted by atomic mass is 16.4. The largest absolute Gasteiger partial charge is 0.545 e. The number of carbonyl (C=O) groups excluding carboxylic acids is 1.